The number of hydrogen-bond donors (Lipinski definition) is 4. The average Bonchev–Trinajstić information content (AvgIpc) is 3.38. The van der Waals surface area contributed by atoms with Crippen molar-refractivity contribution in [2.75, 3.05) is 27.2 Å². The highest BCUT2D eigenvalue weighted by molar-refractivity contribution is 6.32. The Labute approximate surface area is 218 Å². The number of likely N-dealkylation sites (tertiary alicyclic amines) is 1. The van der Waals surface area contributed by atoms with E-state index in [-0.39, 0.29) is 30.1 Å². The molecule has 3 fully saturated rings. The van der Waals surface area contributed by atoms with Crippen LogP contribution in [0.5, 0.6) is 5.75 Å². The highest BCUT2D eigenvalue weighted by atomic mass is 16.3. The first-order valence-electron chi connectivity index (χ1n) is 12.7. The Bertz CT molecular complexity index is 1300. The van der Waals surface area contributed by atoms with Crippen molar-refractivity contribution in [1.82, 2.24) is 9.80 Å². The Balaban J connectivity index is 1.60. The number of carbonyl (C=O) groups excluding carboxylic acids is 5. The fraction of sp³-hybridized carbons (Fsp3) is 0.538. The van der Waals surface area contributed by atoms with Crippen molar-refractivity contribution >= 4 is 40.7 Å². The lowest BCUT2D eigenvalue weighted by molar-refractivity contribution is -0.181. The Hall–Kier alpha value is -3.64. The van der Waals surface area contributed by atoms with Gasteiger partial charge in [-0.15, -0.1) is 0 Å². The summed E-state index contributed by atoms with van der Waals surface area (Å²) in [6, 6.07) is 1.71. The summed E-state index contributed by atoms with van der Waals surface area (Å²) in [6.45, 7) is 1.52. The highest BCUT2D eigenvalue weighted by Crippen LogP contribution is 2.51. The largest absolute Gasteiger partial charge is 0.507 e. The van der Waals surface area contributed by atoms with E-state index in [1.54, 1.807) is 20.2 Å². The van der Waals surface area contributed by atoms with Gasteiger partial charge < -0.3 is 26.6 Å². The lowest BCUT2D eigenvalue weighted by atomic mass is 9.52. The number of guanidine groups is 1. The summed E-state index contributed by atoms with van der Waals surface area (Å²) in [5.41, 5.74) is 9.50. The number of aromatic hydroxyl groups is 1. The molecule has 0 spiro atoms. The maximum absolute atomic E-state index is 13.8. The van der Waals surface area contributed by atoms with Gasteiger partial charge in [-0.1, -0.05) is 0 Å². The number of nitrogens with zero attached hydrogens (tertiary/aromatic N) is 3. The number of fused-ring (bicyclic) bond motifs is 3. The van der Waals surface area contributed by atoms with Crippen molar-refractivity contribution in [3.05, 3.63) is 23.3 Å². The minimum atomic E-state index is -2.75. The second-order valence-corrected chi connectivity index (χ2v) is 10.9. The highest BCUT2D eigenvalue weighted by Gasteiger charge is 2.69. The second-order valence-electron chi connectivity index (χ2n) is 10.9. The number of aliphatic imine (C=N–C) groups is 1. The van der Waals surface area contributed by atoms with Gasteiger partial charge in [0.2, 0.25) is 5.91 Å². The van der Waals surface area contributed by atoms with E-state index in [0.29, 0.717) is 11.3 Å². The van der Waals surface area contributed by atoms with E-state index in [1.807, 2.05) is 4.90 Å². The van der Waals surface area contributed by atoms with E-state index >= 15 is 0 Å². The van der Waals surface area contributed by atoms with Crippen molar-refractivity contribution in [3.8, 4) is 5.75 Å². The maximum atomic E-state index is 13.8. The number of primary amides is 1. The van der Waals surface area contributed by atoms with E-state index < -0.39 is 64.4 Å². The first kappa shape index (κ1) is 26.0. The van der Waals surface area contributed by atoms with E-state index in [0.717, 1.165) is 25.9 Å². The lowest BCUT2D eigenvalue weighted by Gasteiger charge is -2.52. The fourth-order valence-electron chi connectivity index (χ4n) is 6.83. The molecule has 1 aromatic carbocycles. The zero-order valence-corrected chi connectivity index (χ0v) is 21.2. The fourth-order valence-corrected chi connectivity index (χ4v) is 6.83. The van der Waals surface area contributed by atoms with E-state index in [4.69, 9.17) is 11.5 Å². The summed E-state index contributed by atoms with van der Waals surface area (Å²) < 4.78 is 0. The molecular weight excluding hydrogens is 494 g/mol. The van der Waals surface area contributed by atoms with Crippen molar-refractivity contribution in [1.29, 1.82) is 0 Å². The summed E-state index contributed by atoms with van der Waals surface area (Å²) in [4.78, 5) is 74.0. The van der Waals surface area contributed by atoms with Crippen LogP contribution < -0.4 is 11.5 Å². The molecule has 0 bridgehead atoms. The van der Waals surface area contributed by atoms with Gasteiger partial charge in [0.15, 0.2) is 40.6 Å². The molecule has 1 aromatic rings. The summed E-state index contributed by atoms with van der Waals surface area (Å²) >= 11 is 0. The second kappa shape index (κ2) is 8.98. The summed E-state index contributed by atoms with van der Waals surface area (Å²) in [7, 11) is 3.08. The topological polar surface area (TPSA) is 197 Å². The third-order valence-electron chi connectivity index (χ3n) is 8.59. The average molecular weight is 526 g/mol. The van der Waals surface area contributed by atoms with Crippen LogP contribution in [-0.2, 0) is 25.6 Å². The van der Waals surface area contributed by atoms with E-state index in [1.165, 1.54) is 11.0 Å². The number of nitrogens with two attached hydrogens (primary N) is 2. The van der Waals surface area contributed by atoms with Crippen LogP contribution in [0.3, 0.4) is 0 Å². The standard InChI is InChI=1S/C26H31N5O7/c1-30(2)19-13-10-11-9-12-14(29-25(28)31-7-3-4-8-31)5-6-15(32)17(12)20(33)16(11)22(35)26(13,38)23(36)18(21(19)34)24(27)37/h5-6,11,13,16,18-19,32,38H,3-4,7-10H2,1-2H3,(H2,27,37)(H2,28,29). The molecule has 1 heterocycles. The molecule has 6 atom stereocenters. The SMILES string of the molecule is CN(C)C1C(=O)C(C(N)=O)C(=O)C2(O)C(=O)C3C(=O)c4c(O)ccc(N=C(N)N5CCCC5)c4CC3CC12. The van der Waals surface area contributed by atoms with Crippen molar-refractivity contribution in [2.45, 2.75) is 37.3 Å². The van der Waals surface area contributed by atoms with Crippen LogP contribution in [0, 0.1) is 23.7 Å². The quantitative estimate of drug-likeness (QED) is 0.214. The number of ketones is 4. The summed E-state index contributed by atoms with van der Waals surface area (Å²) in [5, 5.41) is 22.2. The molecule has 2 saturated carbocycles. The number of Topliss-reactive ketones (excluding diaryl/α,β-unsaturated/α-hetero) is 4. The zero-order chi connectivity index (χ0) is 27.7. The van der Waals surface area contributed by atoms with Crippen LogP contribution in [0.15, 0.2) is 17.1 Å². The normalized spacial score (nSPS) is 33.3. The van der Waals surface area contributed by atoms with E-state index in [2.05, 4.69) is 4.99 Å². The minimum Gasteiger partial charge on any atom is -0.507 e. The van der Waals surface area contributed by atoms with Crippen molar-refractivity contribution < 1.29 is 34.2 Å². The molecule has 12 heteroatoms. The predicted molar refractivity (Wildman–Crippen MR) is 133 cm³/mol. The molecule has 4 aliphatic rings. The molecule has 1 aliphatic heterocycles. The Morgan fingerprint density at radius 3 is 2.37 bits per heavy atom. The van der Waals surface area contributed by atoms with Gasteiger partial charge in [0.1, 0.15) is 5.75 Å². The Morgan fingerprint density at radius 2 is 1.76 bits per heavy atom. The molecule has 0 radical (unpaired) electrons. The number of aliphatic hydroxyl groups is 1. The van der Waals surface area contributed by atoms with Crippen molar-refractivity contribution in [2.24, 2.45) is 40.1 Å². The number of rotatable bonds is 3. The molecule has 38 heavy (non-hydrogen) atoms. The molecule has 202 valence electrons. The first-order chi connectivity index (χ1) is 17.9. The van der Waals surface area contributed by atoms with Crippen LogP contribution in [0.25, 0.3) is 0 Å². The molecule has 12 nitrogen and oxygen atoms in total. The smallest absolute Gasteiger partial charge is 0.235 e. The Morgan fingerprint density at radius 1 is 1.11 bits per heavy atom. The minimum absolute atomic E-state index is 0.0235. The van der Waals surface area contributed by atoms with Gasteiger partial charge in [0.25, 0.3) is 0 Å². The number of hydrogen-bond acceptors (Lipinski definition) is 9. The number of phenolic OH excluding ortho intramolecular Hbond substituents is 1. The zero-order valence-electron chi connectivity index (χ0n) is 21.2. The number of amides is 1. The van der Waals surface area contributed by atoms with E-state index in [9.17, 15) is 34.2 Å². The first-order valence-corrected chi connectivity index (χ1v) is 12.7. The molecule has 6 N–H and O–H groups in total. The Kier molecular flexibility index (Phi) is 6.14. The molecule has 1 amide bonds. The number of likely N-dealkylation sites (N-methyl/N-ethyl adjacent to an activating group) is 1. The third kappa shape index (κ3) is 3.57. The lowest BCUT2D eigenvalue weighted by Crippen LogP contribution is -2.74. The van der Waals surface area contributed by atoms with Gasteiger partial charge in [0, 0.05) is 19.0 Å². The van der Waals surface area contributed by atoms with Crippen LogP contribution in [-0.4, -0.2) is 93.8 Å². The molecule has 0 aromatic heterocycles. The third-order valence-corrected chi connectivity index (χ3v) is 8.59. The summed E-state index contributed by atoms with van der Waals surface area (Å²) in [6.07, 6.45) is 2.08. The van der Waals surface area contributed by atoms with Gasteiger partial charge in [-0.2, -0.15) is 0 Å². The molecular formula is C26H31N5O7. The maximum Gasteiger partial charge on any atom is 0.235 e. The van der Waals surface area contributed by atoms with Gasteiger partial charge >= 0.3 is 0 Å². The number of carbonyl (C=O) groups is 5. The molecule has 3 aliphatic carbocycles. The van der Waals surface area contributed by atoms with Crippen LogP contribution in [0.4, 0.5) is 5.69 Å². The van der Waals surface area contributed by atoms with Crippen LogP contribution in [0.1, 0.15) is 35.2 Å². The molecule has 6 unspecified atom stereocenters. The van der Waals surface area contributed by atoms with Crippen molar-refractivity contribution in [3.63, 3.8) is 0 Å². The number of benzene rings is 1. The molecule has 1 saturated heterocycles. The molecule has 5 rings (SSSR count). The van der Waals surface area contributed by atoms with Gasteiger partial charge in [-0.05, 0) is 63.4 Å². The van der Waals surface area contributed by atoms with Gasteiger partial charge in [-0.25, -0.2) is 4.99 Å². The van der Waals surface area contributed by atoms with Crippen LogP contribution in [0.2, 0.25) is 0 Å². The summed E-state index contributed by atoms with van der Waals surface area (Å²) in [5.74, 6) is -10.5. The van der Waals surface area contributed by atoms with Gasteiger partial charge in [-0.3, -0.25) is 28.9 Å². The predicted octanol–water partition coefficient (Wildman–Crippen LogP) is -1.09. The number of phenols is 1. The monoisotopic (exact) mass is 525 g/mol. The van der Waals surface area contributed by atoms with Gasteiger partial charge in [0.05, 0.1) is 23.2 Å². The van der Waals surface area contributed by atoms with Crippen LogP contribution >= 0.6 is 0 Å².